The summed E-state index contributed by atoms with van der Waals surface area (Å²) in [6.45, 7) is 8.29. The van der Waals surface area contributed by atoms with E-state index in [4.69, 9.17) is 4.74 Å². The zero-order chi connectivity index (χ0) is 21.5. The van der Waals surface area contributed by atoms with Gasteiger partial charge in [-0.05, 0) is 27.2 Å². The SMILES string of the molecule is COCC(=O)N1C[C@@H](c2cn(C(C)C)cn2)[C@@]2(CCN(Cc3csc(C)n3)C2=O)C1. The van der Waals surface area contributed by atoms with Gasteiger partial charge in [0.1, 0.15) is 6.61 Å². The Morgan fingerprint density at radius 1 is 1.43 bits per heavy atom. The number of likely N-dealkylation sites (tertiary alicyclic amines) is 2. The fourth-order valence-electron chi connectivity index (χ4n) is 4.66. The molecule has 4 rings (SSSR count). The van der Waals surface area contributed by atoms with Gasteiger partial charge in [0.05, 0.1) is 34.7 Å². The Kier molecular flexibility index (Phi) is 5.67. The number of nitrogens with zero attached hydrogens (tertiary/aromatic N) is 5. The highest BCUT2D eigenvalue weighted by Gasteiger charge is 2.58. The van der Waals surface area contributed by atoms with E-state index in [0.717, 1.165) is 16.4 Å². The zero-order valence-corrected chi connectivity index (χ0v) is 18.8. The summed E-state index contributed by atoms with van der Waals surface area (Å²) in [4.78, 5) is 39.1. The van der Waals surface area contributed by atoms with Crippen LogP contribution in [0, 0.1) is 12.3 Å². The van der Waals surface area contributed by atoms with Gasteiger partial charge in [-0.25, -0.2) is 9.97 Å². The number of ether oxygens (including phenoxy) is 1. The maximum Gasteiger partial charge on any atom is 0.248 e. The lowest BCUT2D eigenvalue weighted by atomic mass is 9.75. The van der Waals surface area contributed by atoms with Crippen molar-refractivity contribution in [2.24, 2.45) is 5.41 Å². The normalized spacial score (nSPS) is 24.0. The van der Waals surface area contributed by atoms with Gasteiger partial charge >= 0.3 is 0 Å². The Morgan fingerprint density at radius 2 is 2.23 bits per heavy atom. The molecule has 0 radical (unpaired) electrons. The predicted molar refractivity (Wildman–Crippen MR) is 113 cm³/mol. The Morgan fingerprint density at radius 3 is 2.87 bits per heavy atom. The smallest absolute Gasteiger partial charge is 0.248 e. The predicted octanol–water partition coefficient (Wildman–Crippen LogP) is 2.22. The average molecular weight is 432 g/mol. The quantitative estimate of drug-likeness (QED) is 0.701. The highest BCUT2D eigenvalue weighted by atomic mass is 32.1. The summed E-state index contributed by atoms with van der Waals surface area (Å²) in [5.41, 5.74) is 1.18. The molecule has 1 spiro atoms. The Balaban J connectivity index is 1.63. The highest BCUT2D eigenvalue weighted by molar-refractivity contribution is 7.09. The minimum absolute atomic E-state index is 0.0270. The van der Waals surface area contributed by atoms with Crippen molar-refractivity contribution in [2.75, 3.05) is 33.4 Å². The van der Waals surface area contributed by atoms with Gasteiger partial charge in [-0.15, -0.1) is 11.3 Å². The van der Waals surface area contributed by atoms with Crippen molar-refractivity contribution in [3.05, 3.63) is 34.3 Å². The van der Waals surface area contributed by atoms with Gasteiger partial charge in [-0.1, -0.05) is 0 Å². The summed E-state index contributed by atoms with van der Waals surface area (Å²) in [6, 6.07) is 0.290. The largest absolute Gasteiger partial charge is 0.375 e. The van der Waals surface area contributed by atoms with Crippen molar-refractivity contribution in [3.63, 3.8) is 0 Å². The van der Waals surface area contributed by atoms with Crippen LogP contribution >= 0.6 is 11.3 Å². The highest BCUT2D eigenvalue weighted by Crippen LogP contribution is 2.50. The molecule has 2 saturated heterocycles. The van der Waals surface area contributed by atoms with Gasteiger partial charge in [-0.2, -0.15) is 0 Å². The molecule has 30 heavy (non-hydrogen) atoms. The van der Waals surface area contributed by atoms with E-state index in [1.54, 1.807) is 16.2 Å². The number of carbonyl (C=O) groups is 2. The molecule has 8 nitrogen and oxygen atoms in total. The topological polar surface area (TPSA) is 80.6 Å². The lowest BCUT2D eigenvalue weighted by Gasteiger charge is -2.27. The van der Waals surface area contributed by atoms with Crippen LogP contribution in [0.4, 0.5) is 0 Å². The van der Waals surface area contributed by atoms with Gasteiger partial charge in [0.25, 0.3) is 0 Å². The third-order valence-electron chi connectivity index (χ3n) is 6.30. The summed E-state index contributed by atoms with van der Waals surface area (Å²) in [5.74, 6) is -0.0954. The van der Waals surface area contributed by atoms with Gasteiger partial charge in [-0.3, -0.25) is 9.59 Å². The first-order chi connectivity index (χ1) is 14.3. The summed E-state index contributed by atoms with van der Waals surface area (Å²) >= 11 is 1.60. The number of hydrogen-bond donors (Lipinski definition) is 0. The van der Waals surface area contributed by atoms with E-state index in [1.165, 1.54) is 7.11 Å². The van der Waals surface area contributed by atoms with Crippen LogP contribution in [-0.2, 0) is 20.9 Å². The molecule has 0 N–H and O–H groups in total. The maximum absolute atomic E-state index is 13.7. The van der Waals surface area contributed by atoms with Crippen molar-refractivity contribution >= 4 is 23.2 Å². The molecule has 0 aliphatic carbocycles. The Labute approximate surface area is 180 Å². The van der Waals surface area contributed by atoms with Crippen molar-refractivity contribution < 1.29 is 14.3 Å². The van der Waals surface area contributed by atoms with Gasteiger partial charge in [0.2, 0.25) is 11.8 Å². The lowest BCUT2D eigenvalue weighted by Crippen LogP contribution is -2.40. The zero-order valence-electron chi connectivity index (χ0n) is 18.0. The van der Waals surface area contributed by atoms with Crippen LogP contribution in [-0.4, -0.2) is 69.5 Å². The Bertz CT molecular complexity index is 939. The maximum atomic E-state index is 13.7. The summed E-state index contributed by atoms with van der Waals surface area (Å²) in [6.07, 6.45) is 4.56. The third kappa shape index (κ3) is 3.65. The second-order valence-electron chi connectivity index (χ2n) is 8.59. The van der Waals surface area contributed by atoms with Crippen LogP contribution in [0.5, 0.6) is 0 Å². The van der Waals surface area contributed by atoms with E-state index >= 15 is 0 Å². The van der Waals surface area contributed by atoms with E-state index in [0.29, 0.717) is 38.6 Å². The standard InChI is InChI=1S/C21H29N5O3S/c1-14(2)26-9-18(22-13-26)17-8-25(19(27)10-29-4)12-21(17)5-6-24(20(21)28)7-16-11-30-15(3)23-16/h9,11,13-14,17H,5-8,10,12H2,1-4H3/t17-,21+/m0/s1. The molecule has 4 heterocycles. The number of amides is 2. The fraction of sp³-hybridized carbons (Fsp3) is 0.619. The van der Waals surface area contributed by atoms with Crippen molar-refractivity contribution in [2.45, 2.75) is 45.7 Å². The van der Waals surface area contributed by atoms with E-state index in [-0.39, 0.29) is 24.3 Å². The van der Waals surface area contributed by atoms with Crippen LogP contribution in [0.15, 0.2) is 17.9 Å². The summed E-state index contributed by atoms with van der Waals surface area (Å²) < 4.78 is 7.11. The van der Waals surface area contributed by atoms with E-state index in [1.807, 2.05) is 29.7 Å². The second kappa shape index (κ2) is 8.11. The number of aryl methyl sites for hydroxylation is 1. The number of aromatic nitrogens is 3. The molecule has 2 aliphatic rings. The lowest BCUT2D eigenvalue weighted by molar-refractivity contribution is -0.138. The summed E-state index contributed by atoms with van der Waals surface area (Å²) in [7, 11) is 1.52. The molecule has 162 valence electrons. The van der Waals surface area contributed by atoms with Crippen LogP contribution < -0.4 is 0 Å². The van der Waals surface area contributed by atoms with Crippen LogP contribution in [0.25, 0.3) is 0 Å². The van der Waals surface area contributed by atoms with E-state index in [9.17, 15) is 9.59 Å². The summed E-state index contributed by atoms with van der Waals surface area (Å²) in [5, 5.41) is 3.01. The molecule has 0 bridgehead atoms. The van der Waals surface area contributed by atoms with Crippen molar-refractivity contribution in [3.8, 4) is 0 Å². The van der Waals surface area contributed by atoms with Crippen LogP contribution in [0.1, 0.15) is 48.6 Å². The molecular formula is C21H29N5O3S. The number of carbonyl (C=O) groups excluding carboxylic acids is 2. The number of hydrogen-bond acceptors (Lipinski definition) is 6. The van der Waals surface area contributed by atoms with Gasteiger partial charge < -0.3 is 19.1 Å². The molecule has 0 saturated carbocycles. The fourth-order valence-corrected chi connectivity index (χ4v) is 5.27. The first-order valence-corrected chi connectivity index (χ1v) is 11.2. The molecule has 2 aliphatic heterocycles. The number of rotatable bonds is 6. The van der Waals surface area contributed by atoms with Crippen LogP contribution in [0.2, 0.25) is 0 Å². The van der Waals surface area contributed by atoms with Crippen molar-refractivity contribution in [1.82, 2.24) is 24.3 Å². The number of imidazole rings is 1. The van der Waals surface area contributed by atoms with E-state index in [2.05, 4.69) is 28.4 Å². The molecule has 2 fully saturated rings. The molecule has 0 unspecified atom stereocenters. The molecule has 9 heteroatoms. The van der Waals surface area contributed by atoms with Crippen LogP contribution in [0.3, 0.4) is 0 Å². The molecular weight excluding hydrogens is 402 g/mol. The monoisotopic (exact) mass is 431 g/mol. The molecule has 2 aromatic heterocycles. The van der Waals surface area contributed by atoms with E-state index < -0.39 is 5.41 Å². The molecule has 2 amide bonds. The second-order valence-corrected chi connectivity index (χ2v) is 9.65. The molecule has 2 atom stereocenters. The number of thiazole rings is 1. The van der Waals surface area contributed by atoms with Gasteiger partial charge in [0, 0.05) is 50.3 Å². The average Bonchev–Trinajstić information content (AvgIpc) is 3.47. The molecule has 0 aromatic carbocycles. The first kappa shape index (κ1) is 21.0. The molecule has 2 aromatic rings. The minimum Gasteiger partial charge on any atom is -0.375 e. The minimum atomic E-state index is -0.634. The first-order valence-electron chi connectivity index (χ1n) is 10.3. The number of methoxy groups -OCH3 is 1. The third-order valence-corrected chi connectivity index (χ3v) is 7.12. The Hall–Kier alpha value is -2.26. The van der Waals surface area contributed by atoms with Gasteiger partial charge in [0.15, 0.2) is 0 Å². The van der Waals surface area contributed by atoms with Crippen molar-refractivity contribution in [1.29, 1.82) is 0 Å².